The highest BCUT2D eigenvalue weighted by molar-refractivity contribution is 6.33. The second-order valence-corrected chi connectivity index (χ2v) is 9.83. The summed E-state index contributed by atoms with van der Waals surface area (Å²) in [5, 5.41) is 4.00. The zero-order valence-electron chi connectivity index (χ0n) is 19.5. The first-order valence-electron chi connectivity index (χ1n) is 11.4. The summed E-state index contributed by atoms with van der Waals surface area (Å²) in [5.41, 5.74) is 1.24. The first-order valence-corrected chi connectivity index (χ1v) is 11.8. The number of ether oxygens (including phenoxy) is 1. The van der Waals surface area contributed by atoms with Gasteiger partial charge in [-0.15, -0.1) is 0 Å². The zero-order chi connectivity index (χ0) is 23.6. The lowest BCUT2D eigenvalue weighted by Gasteiger charge is -2.46. The van der Waals surface area contributed by atoms with E-state index in [1.807, 2.05) is 44.1 Å². The average Bonchev–Trinajstić information content (AvgIpc) is 2.79. The number of hydrogen-bond acceptors (Lipinski definition) is 6. The number of rotatable bonds is 6. The summed E-state index contributed by atoms with van der Waals surface area (Å²) in [5.74, 6) is -1.47. The van der Waals surface area contributed by atoms with Crippen molar-refractivity contribution in [2.24, 2.45) is 0 Å². The largest absolute Gasteiger partial charge is 0.371 e. The molecule has 180 valence electrons. The predicted octanol–water partition coefficient (Wildman–Crippen LogP) is 4.94. The fourth-order valence-electron chi connectivity index (χ4n) is 4.62. The van der Waals surface area contributed by atoms with Gasteiger partial charge in [0.05, 0.1) is 23.9 Å². The van der Waals surface area contributed by atoms with Gasteiger partial charge in [-0.25, -0.2) is 13.8 Å². The summed E-state index contributed by atoms with van der Waals surface area (Å²) in [6.45, 7) is 4.20. The molecule has 1 saturated carbocycles. The molecule has 0 radical (unpaired) electrons. The van der Waals surface area contributed by atoms with Gasteiger partial charge in [0.1, 0.15) is 5.02 Å². The number of morpholine rings is 1. The third kappa shape index (κ3) is 5.73. The van der Waals surface area contributed by atoms with E-state index in [0.29, 0.717) is 55.0 Å². The molecule has 0 bridgehead atoms. The number of halogens is 3. The maximum absolute atomic E-state index is 13.7. The molecule has 2 fully saturated rings. The van der Waals surface area contributed by atoms with Crippen molar-refractivity contribution in [3.8, 4) is 0 Å². The fourth-order valence-corrected chi connectivity index (χ4v) is 4.76. The third-order valence-electron chi connectivity index (χ3n) is 6.49. The lowest BCUT2D eigenvalue weighted by Crippen LogP contribution is -2.55. The average molecular weight is 480 g/mol. The van der Waals surface area contributed by atoms with Gasteiger partial charge in [-0.1, -0.05) is 41.9 Å². The molecule has 1 unspecified atom stereocenters. The van der Waals surface area contributed by atoms with Gasteiger partial charge < -0.3 is 19.9 Å². The molecular formula is C24H32ClF2N5O. The summed E-state index contributed by atoms with van der Waals surface area (Å²) >= 11 is 6.62. The molecule has 9 heteroatoms. The molecule has 1 aliphatic carbocycles. The van der Waals surface area contributed by atoms with Crippen molar-refractivity contribution < 1.29 is 13.5 Å². The summed E-state index contributed by atoms with van der Waals surface area (Å²) in [7, 11) is 4.05. The lowest BCUT2D eigenvalue weighted by molar-refractivity contribution is -0.136. The number of hydrogen-bond donors (Lipinski definition) is 1. The van der Waals surface area contributed by atoms with Crippen LogP contribution in [0.4, 0.5) is 20.5 Å². The number of nitrogens with zero attached hydrogens (tertiary/aromatic N) is 4. The van der Waals surface area contributed by atoms with Crippen LogP contribution in [0.2, 0.25) is 5.02 Å². The summed E-state index contributed by atoms with van der Waals surface area (Å²) in [6.07, 6.45) is 0.398. The number of alkyl halides is 2. The van der Waals surface area contributed by atoms with Gasteiger partial charge in [-0.2, -0.15) is 4.98 Å². The van der Waals surface area contributed by atoms with E-state index in [-0.39, 0.29) is 18.9 Å². The van der Waals surface area contributed by atoms with Gasteiger partial charge in [0.25, 0.3) is 0 Å². The third-order valence-corrected chi connectivity index (χ3v) is 6.94. The monoisotopic (exact) mass is 479 g/mol. The molecule has 1 N–H and O–H groups in total. The Morgan fingerprint density at radius 2 is 1.85 bits per heavy atom. The molecule has 33 heavy (non-hydrogen) atoms. The van der Waals surface area contributed by atoms with Crippen molar-refractivity contribution in [2.75, 3.05) is 50.6 Å². The summed E-state index contributed by atoms with van der Waals surface area (Å²) < 4.78 is 33.5. The van der Waals surface area contributed by atoms with Crippen LogP contribution >= 0.6 is 11.6 Å². The molecule has 2 aromatic rings. The Kier molecular flexibility index (Phi) is 7.07. The van der Waals surface area contributed by atoms with Crippen molar-refractivity contribution in [2.45, 2.75) is 50.2 Å². The summed E-state index contributed by atoms with van der Waals surface area (Å²) in [6, 6.07) is 10.2. The van der Waals surface area contributed by atoms with E-state index in [1.165, 1.54) is 0 Å². The lowest BCUT2D eigenvalue weighted by atomic mass is 9.81. The van der Waals surface area contributed by atoms with Crippen molar-refractivity contribution in [1.29, 1.82) is 0 Å². The van der Waals surface area contributed by atoms with E-state index in [2.05, 4.69) is 27.3 Å². The molecule has 1 aromatic carbocycles. The molecule has 6 nitrogen and oxygen atoms in total. The van der Waals surface area contributed by atoms with Crippen LogP contribution in [-0.2, 0) is 4.74 Å². The minimum Gasteiger partial charge on any atom is -0.371 e. The Morgan fingerprint density at radius 1 is 1.15 bits per heavy atom. The first-order chi connectivity index (χ1) is 15.7. The van der Waals surface area contributed by atoms with Crippen molar-refractivity contribution in [3.63, 3.8) is 0 Å². The molecule has 1 aromatic heterocycles. The fraction of sp³-hybridized carbons (Fsp3) is 0.583. The molecule has 1 atom stereocenters. The number of anilines is 2. The first kappa shape index (κ1) is 24.1. The second kappa shape index (κ2) is 9.68. The molecule has 0 amide bonds. The quantitative estimate of drug-likeness (QED) is 0.633. The van der Waals surface area contributed by atoms with Gasteiger partial charge in [-0.3, -0.25) is 0 Å². The van der Waals surface area contributed by atoms with Gasteiger partial charge in [0.15, 0.2) is 5.82 Å². The normalized spacial score (nSPS) is 20.8. The van der Waals surface area contributed by atoms with Gasteiger partial charge >= 0.3 is 0 Å². The van der Waals surface area contributed by atoms with Crippen LogP contribution in [0.3, 0.4) is 0 Å². The van der Waals surface area contributed by atoms with Crippen molar-refractivity contribution >= 4 is 23.4 Å². The Bertz CT molecular complexity index is 949. The molecule has 1 spiro atoms. The van der Waals surface area contributed by atoms with E-state index >= 15 is 0 Å². The highest BCUT2D eigenvalue weighted by Crippen LogP contribution is 2.42. The number of nitrogens with one attached hydrogen (secondary N) is 1. The van der Waals surface area contributed by atoms with Crippen molar-refractivity contribution in [1.82, 2.24) is 14.9 Å². The van der Waals surface area contributed by atoms with Crippen LogP contribution < -0.4 is 10.2 Å². The molecule has 2 heterocycles. The van der Waals surface area contributed by atoms with Crippen LogP contribution in [-0.4, -0.2) is 66.7 Å². The zero-order valence-corrected chi connectivity index (χ0v) is 20.2. The summed E-state index contributed by atoms with van der Waals surface area (Å²) in [4.78, 5) is 13.6. The predicted molar refractivity (Wildman–Crippen MR) is 127 cm³/mol. The highest BCUT2D eigenvalue weighted by atomic mass is 35.5. The molecule has 1 saturated heterocycles. The van der Waals surface area contributed by atoms with Gasteiger partial charge in [0.2, 0.25) is 11.9 Å². The Labute approximate surface area is 199 Å². The molecular weight excluding hydrogens is 448 g/mol. The highest BCUT2D eigenvalue weighted by Gasteiger charge is 2.46. The maximum atomic E-state index is 13.7. The molecule has 1 aliphatic heterocycles. The number of aromatic nitrogens is 2. The Morgan fingerprint density at radius 3 is 2.52 bits per heavy atom. The van der Waals surface area contributed by atoms with Crippen LogP contribution in [0.1, 0.15) is 43.0 Å². The van der Waals surface area contributed by atoms with E-state index in [4.69, 9.17) is 21.3 Å². The van der Waals surface area contributed by atoms with E-state index in [9.17, 15) is 8.78 Å². The minimum atomic E-state index is -2.60. The molecule has 4 rings (SSSR count). The minimum absolute atomic E-state index is 0.0162. The van der Waals surface area contributed by atoms with E-state index < -0.39 is 11.5 Å². The standard InChI is InChI=1S/C24H32ClF2N5O/c1-17-20(25)21(29-19(15-31(2)3)18-7-5-4-6-8-18)30-22(28-17)32-13-14-33-23(16-32)9-11-24(26,27)12-10-23/h4-8,19H,9-16H2,1-3H3,(H,28,29,30). The number of likely N-dealkylation sites (N-methyl/N-ethyl adjacent to an activating group) is 1. The smallest absolute Gasteiger partial charge is 0.248 e. The molecule has 2 aliphatic rings. The van der Waals surface area contributed by atoms with E-state index in [0.717, 1.165) is 12.1 Å². The number of benzene rings is 1. The maximum Gasteiger partial charge on any atom is 0.248 e. The SMILES string of the molecule is Cc1nc(N2CCOC3(CCC(F)(F)CC3)C2)nc(NC(CN(C)C)c2ccccc2)c1Cl. The topological polar surface area (TPSA) is 53.5 Å². The van der Waals surface area contributed by atoms with Crippen LogP contribution in [0.15, 0.2) is 30.3 Å². The van der Waals surface area contributed by atoms with Crippen molar-refractivity contribution in [3.05, 3.63) is 46.6 Å². The Balaban J connectivity index is 1.58. The van der Waals surface area contributed by atoms with Gasteiger partial charge in [0, 0.05) is 32.5 Å². The number of aryl methyl sites for hydroxylation is 1. The van der Waals surface area contributed by atoms with Gasteiger partial charge in [-0.05, 0) is 39.4 Å². The van der Waals surface area contributed by atoms with Crippen LogP contribution in [0, 0.1) is 6.92 Å². The second-order valence-electron chi connectivity index (χ2n) is 9.45. The van der Waals surface area contributed by atoms with Crippen LogP contribution in [0.5, 0.6) is 0 Å². The van der Waals surface area contributed by atoms with E-state index in [1.54, 1.807) is 0 Å². The van der Waals surface area contributed by atoms with Crippen LogP contribution in [0.25, 0.3) is 0 Å². The Hall–Kier alpha value is -2.03.